The predicted octanol–water partition coefficient (Wildman–Crippen LogP) is 1.84. The number of hydrogen-bond donors (Lipinski definition) is 1. The van der Waals surface area contributed by atoms with Gasteiger partial charge in [0.25, 0.3) is 0 Å². The summed E-state index contributed by atoms with van der Waals surface area (Å²) in [6.07, 6.45) is 6.82. The van der Waals surface area contributed by atoms with Gasteiger partial charge >= 0.3 is 0 Å². The lowest BCUT2D eigenvalue weighted by atomic mass is 10.2. The van der Waals surface area contributed by atoms with Gasteiger partial charge in [-0.15, -0.1) is 0 Å². The summed E-state index contributed by atoms with van der Waals surface area (Å²) < 4.78 is 0. The number of carbonyl (C=O) groups excluding carboxylic acids is 1. The van der Waals surface area contributed by atoms with E-state index >= 15 is 0 Å². The molecule has 1 aromatic heterocycles. The van der Waals surface area contributed by atoms with Crippen LogP contribution in [0.3, 0.4) is 0 Å². The lowest BCUT2D eigenvalue weighted by Crippen LogP contribution is -1.98. The van der Waals surface area contributed by atoms with Gasteiger partial charge in [-0.05, 0) is 25.3 Å². The number of hydrogen-bond acceptors (Lipinski definition) is 5. The quantitative estimate of drug-likeness (QED) is 0.479. The van der Waals surface area contributed by atoms with Crippen molar-refractivity contribution in [1.82, 2.24) is 9.97 Å². The standard InChI is InChI=1S/C10H13N3OS/c1-7(14)4-5-8-6-12-10(15-3)13-9(8)11-2/h4-6H,1-3H3,(H,11,12,13). The molecule has 1 heterocycles. The molecule has 0 radical (unpaired) electrons. The number of anilines is 1. The fourth-order valence-corrected chi connectivity index (χ4v) is 1.34. The normalized spacial score (nSPS) is 10.6. The first-order chi connectivity index (χ1) is 7.17. The maximum absolute atomic E-state index is 10.8. The third-order valence-corrected chi connectivity index (χ3v) is 2.27. The van der Waals surface area contributed by atoms with E-state index in [1.807, 2.05) is 6.26 Å². The van der Waals surface area contributed by atoms with Gasteiger partial charge in [-0.25, -0.2) is 9.97 Å². The van der Waals surface area contributed by atoms with Gasteiger partial charge in [0.15, 0.2) is 10.9 Å². The maximum atomic E-state index is 10.8. The summed E-state index contributed by atoms with van der Waals surface area (Å²) in [5, 5.41) is 3.67. The van der Waals surface area contributed by atoms with Crippen molar-refractivity contribution in [2.75, 3.05) is 18.6 Å². The lowest BCUT2D eigenvalue weighted by molar-refractivity contribution is -0.112. The summed E-state index contributed by atoms with van der Waals surface area (Å²) in [6, 6.07) is 0. The molecule has 5 heteroatoms. The summed E-state index contributed by atoms with van der Waals surface area (Å²) in [5.74, 6) is 0.734. The van der Waals surface area contributed by atoms with Gasteiger partial charge in [0.1, 0.15) is 5.82 Å². The molecular weight excluding hydrogens is 210 g/mol. The minimum absolute atomic E-state index is 0.00555. The SMILES string of the molecule is CNc1nc(SC)ncc1C=CC(C)=O. The van der Waals surface area contributed by atoms with Gasteiger partial charge in [-0.1, -0.05) is 11.8 Å². The fourth-order valence-electron chi connectivity index (χ4n) is 1.00. The lowest BCUT2D eigenvalue weighted by Gasteiger charge is -2.04. The average molecular weight is 223 g/mol. The Morgan fingerprint density at radius 2 is 2.33 bits per heavy atom. The fraction of sp³-hybridized carbons (Fsp3) is 0.300. The Bertz CT molecular complexity index is 390. The smallest absolute Gasteiger partial charge is 0.189 e. The maximum Gasteiger partial charge on any atom is 0.189 e. The van der Waals surface area contributed by atoms with E-state index < -0.39 is 0 Å². The third-order valence-electron chi connectivity index (χ3n) is 1.71. The van der Waals surface area contributed by atoms with Gasteiger partial charge in [-0.3, -0.25) is 4.79 Å². The van der Waals surface area contributed by atoms with Crippen LogP contribution in [-0.4, -0.2) is 29.1 Å². The molecule has 0 fully saturated rings. The molecule has 0 saturated heterocycles. The average Bonchev–Trinajstić information content (AvgIpc) is 2.25. The van der Waals surface area contributed by atoms with Crippen molar-refractivity contribution in [2.45, 2.75) is 12.1 Å². The Balaban J connectivity index is 3.02. The van der Waals surface area contributed by atoms with Crippen LogP contribution in [0, 0.1) is 0 Å². The van der Waals surface area contributed by atoms with Crippen LogP contribution in [0.2, 0.25) is 0 Å². The summed E-state index contributed by atoms with van der Waals surface area (Å²) in [6.45, 7) is 1.51. The Morgan fingerprint density at radius 1 is 1.60 bits per heavy atom. The molecule has 1 aromatic rings. The van der Waals surface area contributed by atoms with E-state index in [2.05, 4.69) is 15.3 Å². The van der Waals surface area contributed by atoms with E-state index in [9.17, 15) is 4.79 Å². The van der Waals surface area contributed by atoms with Crippen LogP contribution < -0.4 is 5.32 Å². The summed E-state index contributed by atoms with van der Waals surface area (Å²) >= 11 is 1.48. The first-order valence-electron chi connectivity index (χ1n) is 4.44. The van der Waals surface area contributed by atoms with E-state index in [0.29, 0.717) is 5.16 Å². The highest BCUT2D eigenvalue weighted by Gasteiger charge is 2.02. The zero-order valence-electron chi connectivity index (χ0n) is 8.94. The zero-order valence-corrected chi connectivity index (χ0v) is 9.76. The molecule has 15 heavy (non-hydrogen) atoms. The molecule has 0 aliphatic heterocycles. The zero-order chi connectivity index (χ0) is 11.3. The first kappa shape index (κ1) is 11.7. The second kappa shape index (κ2) is 5.50. The first-order valence-corrected chi connectivity index (χ1v) is 5.67. The Labute approximate surface area is 93.2 Å². The number of aromatic nitrogens is 2. The Morgan fingerprint density at radius 3 is 2.87 bits per heavy atom. The highest BCUT2D eigenvalue weighted by molar-refractivity contribution is 7.98. The highest BCUT2D eigenvalue weighted by Crippen LogP contribution is 2.17. The largest absolute Gasteiger partial charge is 0.373 e. The molecule has 0 unspecified atom stereocenters. The summed E-state index contributed by atoms with van der Waals surface area (Å²) in [7, 11) is 1.79. The monoisotopic (exact) mass is 223 g/mol. The molecule has 0 saturated carbocycles. The molecule has 0 bridgehead atoms. The van der Waals surface area contributed by atoms with Crippen LogP contribution in [-0.2, 0) is 4.79 Å². The van der Waals surface area contributed by atoms with Crippen molar-refractivity contribution in [2.24, 2.45) is 0 Å². The van der Waals surface area contributed by atoms with Crippen LogP contribution in [0.5, 0.6) is 0 Å². The minimum Gasteiger partial charge on any atom is -0.373 e. The van der Waals surface area contributed by atoms with Crippen LogP contribution in [0.25, 0.3) is 6.08 Å². The van der Waals surface area contributed by atoms with E-state index in [1.54, 1.807) is 19.3 Å². The molecular formula is C10H13N3OS. The minimum atomic E-state index is 0.00555. The van der Waals surface area contributed by atoms with Crippen molar-refractivity contribution in [3.8, 4) is 0 Å². The number of nitrogens with zero attached hydrogens (tertiary/aromatic N) is 2. The second-order valence-corrected chi connectivity index (χ2v) is 3.63. The Hall–Kier alpha value is -1.36. The van der Waals surface area contributed by atoms with Gasteiger partial charge < -0.3 is 5.32 Å². The van der Waals surface area contributed by atoms with Gasteiger partial charge in [-0.2, -0.15) is 0 Å². The Kier molecular flexibility index (Phi) is 4.30. The number of carbonyl (C=O) groups is 1. The van der Waals surface area contributed by atoms with Crippen LogP contribution in [0.1, 0.15) is 12.5 Å². The molecule has 1 N–H and O–H groups in total. The van der Waals surface area contributed by atoms with Crippen LogP contribution >= 0.6 is 11.8 Å². The molecule has 0 aliphatic carbocycles. The van der Waals surface area contributed by atoms with E-state index in [0.717, 1.165) is 11.4 Å². The molecule has 0 aromatic carbocycles. The van der Waals surface area contributed by atoms with Crippen molar-refractivity contribution in [1.29, 1.82) is 0 Å². The van der Waals surface area contributed by atoms with Gasteiger partial charge in [0.2, 0.25) is 0 Å². The van der Waals surface area contributed by atoms with Crippen LogP contribution in [0.15, 0.2) is 17.4 Å². The summed E-state index contributed by atoms with van der Waals surface area (Å²) in [5.41, 5.74) is 0.811. The molecule has 1 rings (SSSR count). The number of thioether (sulfide) groups is 1. The predicted molar refractivity (Wildman–Crippen MR) is 63.1 cm³/mol. The van der Waals surface area contributed by atoms with E-state index in [1.165, 1.54) is 24.8 Å². The molecule has 4 nitrogen and oxygen atoms in total. The van der Waals surface area contributed by atoms with Crippen LogP contribution in [0.4, 0.5) is 5.82 Å². The number of ketones is 1. The molecule has 0 amide bonds. The number of rotatable bonds is 4. The van der Waals surface area contributed by atoms with Crippen molar-refractivity contribution in [3.63, 3.8) is 0 Å². The van der Waals surface area contributed by atoms with Gasteiger partial charge in [0, 0.05) is 18.8 Å². The van der Waals surface area contributed by atoms with Crippen molar-refractivity contribution >= 4 is 29.4 Å². The highest BCUT2D eigenvalue weighted by atomic mass is 32.2. The van der Waals surface area contributed by atoms with Crippen molar-refractivity contribution in [3.05, 3.63) is 17.8 Å². The van der Waals surface area contributed by atoms with E-state index in [-0.39, 0.29) is 5.78 Å². The summed E-state index contributed by atoms with van der Waals surface area (Å²) in [4.78, 5) is 19.2. The molecule has 0 spiro atoms. The molecule has 0 atom stereocenters. The molecule has 80 valence electrons. The number of nitrogens with one attached hydrogen (secondary N) is 1. The molecule has 0 aliphatic rings. The second-order valence-electron chi connectivity index (χ2n) is 2.85. The van der Waals surface area contributed by atoms with E-state index in [4.69, 9.17) is 0 Å². The number of allylic oxidation sites excluding steroid dienone is 1. The van der Waals surface area contributed by atoms with Gasteiger partial charge in [0.05, 0.1) is 0 Å². The third kappa shape index (κ3) is 3.36. The topological polar surface area (TPSA) is 54.9 Å². The van der Waals surface area contributed by atoms with Crippen molar-refractivity contribution < 1.29 is 4.79 Å².